The Morgan fingerprint density at radius 2 is 1.93 bits per heavy atom. The van der Waals surface area contributed by atoms with Crippen molar-refractivity contribution in [1.29, 1.82) is 0 Å². The highest BCUT2D eigenvalue weighted by molar-refractivity contribution is 7.89. The second-order valence-electron chi connectivity index (χ2n) is 6.42. The fourth-order valence-electron chi connectivity index (χ4n) is 3.23. The van der Waals surface area contributed by atoms with Crippen LogP contribution in [0.5, 0.6) is 11.5 Å². The Hall–Kier alpha value is -2.65. The molecule has 0 spiro atoms. The highest BCUT2D eigenvalue weighted by atomic mass is 32.2. The number of aromatic nitrogens is 1. The third-order valence-electron chi connectivity index (χ3n) is 4.74. The Labute approximate surface area is 157 Å². The van der Waals surface area contributed by atoms with Gasteiger partial charge in [0, 0.05) is 43.2 Å². The summed E-state index contributed by atoms with van der Waals surface area (Å²) in [6.07, 6.45) is 3.81. The van der Waals surface area contributed by atoms with Gasteiger partial charge in [-0.25, -0.2) is 8.42 Å². The van der Waals surface area contributed by atoms with E-state index < -0.39 is 10.0 Å². The molecule has 8 nitrogen and oxygen atoms in total. The van der Waals surface area contributed by atoms with Gasteiger partial charge < -0.3 is 14.8 Å². The number of pyridine rings is 1. The Morgan fingerprint density at radius 3 is 2.67 bits per heavy atom. The van der Waals surface area contributed by atoms with Gasteiger partial charge in [0.05, 0.1) is 0 Å². The highest BCUT2D eigenvalue weighted by Gasteiger charge is 2.32. The lowest BCUT2D eigenvalue weighted by molar-refractivity contribution is -0.120. The van der Waals surface area contributed by atoms with E-state index in [9.17, 15) is 13.2 Å². The zero-order valence-corrected chi connectivity index (χ0v) is 15.3. The summed E-state index contributed by atoms with van der Waals surface area (Å²) in [7, 11) is -3.57. The largest absolute Gasteiger partial charge is 0.454 e. The maximum Gasteiger partial charge on any atom is 0.244 e. The van der Waals surface area contributed by atoms with Gasteiger partial charge in [-0.15, -0.1) is 0 Å². The van der Waals surface area contributed by atoms with E-state index in [2.05, 4.69) is 10.3 Å². The van der Waals surface area contributed by atoms with Crippen LogP contribution in [0.3, 0.4) is 0 Å². The minimum Gasteiger partial charge on any atom is -0.454 e. The van der Waals surface area contributed by atoms with Crippen molar-refractivity contribution in [3.05, 3.63) is 42.7 Å². The molecule has 3 heterocycles. The average molecular weight is 389 g/mol. The Morgan fingerprint density at radius 1 is 1.15 bits per heavy atom. The normalized spacial score (nSPS) is 17.6. The number of nitrogens with one attached hydrogen (secondary N) is 1. The molecule has 9 heteroatoms. The number of nitrogens with zero attached hydrogens (tertiary/aromatic N) is 2. The summed E-state index contributed by atoms with van der Waals surface area (Å²) in [5.41, 5.74) is 0.634. The fraction of sp³-hybridized carbons (Fsp3) is 0.333. The standard InChI is InChI=1S/C18H19N3O5S/c22-18(20-14-3-4-16-17(10-14)26-12-25-16)13-5-8-21(9-6-13)27(23,24)15-2-1-7-19-11-15/h1-4,7,10-11,13H,5-6,8-9,12H2,(H,20,22). The number of hydrogen-bond acceptors (Lipinski definition) is 6. The van der Waals surface area contributed by atoms with Gasteiger partial charge in [0.25, 0.3) is 0 Å². The van der Waals surface area contributed by atoms with Crippen molar-refractivity contribution in [1.82, 2.24) is 9.29 Å². The van der Waals surface area contributed by atoms with Gasteiger partial charge in [0.15, 0.2) is 11.5 Å². The molecule has 1 amide bonds. The molecule has 0 bridgehead atoms. The van der Waals surface area contributed by atoms with Crippen LogP contribution in [0.1, 0.15) is 12.8 Å². The number of fused-ring (bicyclic) bond motifs is 1. The first kappa shape index (κ1) is 17.7. The molecule has 1 saturated heterocycles. The second kappa shape index (κ2) is 7.16. The molecule has 0 atom stereocenters. The first-order chi connectivity index (χ1) is 13.0. The SMILES string of the molecule is O=C(Nc1ccc2c(c1)OCO2)C1CCN(S(=O)(=O)c2cccnc2)CC1. The van der Waals surface area contributed by atoms with Crippen LogP contribution in [0.25, 0.3) is 0 Å². The number of hydrogen-bond donors (Lipinski definition) is 1. The first-order valence-electron chi connectivity index (χ1n) is 8.65. The van der Waals surface area contributed by atoms with Gasteiger partial charge in [-0.1, -0.05) is 0 Å². The van der Waals surface area contributed by atoms with Crippen molar-refractivity contribution in [2.45, 2.75) is 17.7 Å². The van der Waals surface area contributed by atoms with Crippen LogP contribution < -0.4 is 14.8 Å². The number of anilines is 1. The van der Waals surface area contributed by atoms with E-state index >= 15 is 0 Å². The lowest BCUT2D eigenvalue weighted by atomic mass is 9.97. The van der Waals surface area contributed by atoms with E-state index in [0.717, 1.165) is 0 Å². The molecule has 1 fully saturated rings. The number of rotatable bonds is 4. The zero-order chi connectivity index (χ0) is 18.9. The van der Waals surface area contributed by atoms with Crippen molar-refractivity contribution in [2.24, 2.45) is 5.92 Å². The molecular weight excluding hydrogens is 370 g/mol. The quantitative estimate of drug-likeness (QED) is 0.857. The van der Waals surface area contributed by atoms with Gasteiger partial charge in [-0.2, -0.15) is 4.31 Å². The van der Waals surface area contributed by atoms with Gasteiger partial charge in [0.1, 0.15) is 4.90 Å². The number of benzene rings is 1. The van der Waals surface area contributed by atoms with Crippen molar-refractivity contribution >= 4 is 21.6 Å². The molecule has 0 aliphatic carbocycles. The van der Waals surface area contributed by atoms with Gasteiger partial charge in [-0.05, 0) is 37.1 Å². The van der Waals surface area contributed by atoms with Gasteiger partial charge in [-0.3, -0.25) is 9.78 Å². The molecule has 0 unspecified atom stereocenters. The molecule has 1 aromatic heterocycles. The summed E-state index contributed by atoms with van der Waals surface area (Å²) in [6.45, 7) is 0.781. The average Bonchev–Trinajstić information content (AvgIpc) is 3.16. The van der Waals surface area contributed by atoms with Crippen LogP contribution in [0.2, 0.25) is 0 Å². The summed E-state index contributed by atoms with van der Waals surface area (Å²) in [5.74, 6) is 0.898. The maximum absolute atomic E-state index is 12.6. The lowest BCUT2D eigenvalue weighted by Crippen LogP contribution is -2.41. The summed E-state index contributed by atoms with van der Waals surface area (Å²) in [4.78, 5) is 16.6. The molecule has 2 aliphatic rings. The molecule has 0 saturated carbocycles. The molecule has 1 aromatic carbocycles. The predicted octanol–water partition coefficient (Wildman–Crippen LogP) is 1.85. The summed E-state index contributed by atoms with van der Waals surface area (Å²) >= 11 is 0. The van der Waals surface area contributed by atoms with Crippen LogP contribution in [0, 0.1) is 5.92 Å². The monoisotopic (exact) mass is 389 g/mol. The molecule has 0 radical (unpaired) electrons. The van der Waals surface area contributed by atoms with E-state index in [1.54, 1.807) is 24.3 Å². The van der Waals surface area contributed by atoms with Crippen molar-refractivity contribution in [3.63, 3.8) is 0 Å². The topological polar surface area (TPSA) is 97.8 Å². The minimum atomic E-state index is -3.57. The van der Waals surface area contributed by atoms with Crippen LogP contribution in [0.4, 0.5) is 5.69 Å². The third-order valence-corrected chi connectivity index (χ3v) is 6.62. The van der Waals surface area contributed by atoms with Crippen molar-refractivity contribution in [2.75, 3.05) is 25.2 Å². The molecule has 142 valence electrons. The van der Waals surface area contributed by atoms with Crippen molar-refractivity contribution < 1.29 is 22.7 Å². The van der Waals surface area contributed by atoms with Gasteiger partial charge in [0.2, 0.25) is 22.7 Å². The van der Waals surface area contributed by atoms with Gasteiger partial charge >= 0.3 is 0 Å². The van der Waals surface area contributed by atoms with E-state index in [1.807, 2.05) is 0 Å². The molecule has 1 N–H and O–H groups in total. The highest BCUT2D eigenvalue weighted by Crippen LogP contribution is 2.34. The van der Waals surface area contributed by atoms with Crippen LogP contribution in [-0.2, 0) is 14.8 Å². The minimum absolute atomic E-state index is 0.118. The summed E-state index contributed by atoms with van der Waals surface area (Å²) in [5, 5.41) is 2.87. The molecule has 4 rings (SSSR count). The predicted molar refractivity (Wildman–Crippen MR) is 96.9 cm³/mol. The van der Waals surface area contributed by atoms with E-state index in [4.69, 9.17) is 9.47 Å². The Balaban J connectivity index is 1.37. The van der Waals surface area contributed by atoms with E-state index in [0.29, 0.717) is 43.1 Å². The number of sulfonamides is 1. The number of piperidine rings is 1. The number of amides is 1. The van der Waals surface area contributed by atoms with Crippen LogP contribution >= 0.6 is 0 Å². The molecule has 27 heavy (non-hydrogen) atoms. The summed E-state index contributed by atoms with van der Waals surface area (Å²) < 4.78 is 37.2. The van der Waals surface area contributed by atoms with Crippen LogP contribution in [-0.4, -0.2) is 43.5 Å². The molecule has 2 aromatic rings. The first-order valence-corrected chi connectivity index (χ1v) is 10.1. The smallest absolute Gasteiger partial charge is 0.244 e. The van der Waals surface area contributed by atoms with Crippen molar-refractivity contribution in [3.8, 4) is 11.5 Å². The van der Waals surface area contributed by atoms with E-state index in [-0.39, 0.29) is 23.5 Å². The third kappa shape index (κ3) is 3.60. The van der Waals surface area contributed by atoms with E-state index in [1.165, 1.54) is 22.8 Å². The molecular formula is C18H19N3O5S. The number of carbonyl (C=O) groups is 1. The zero-order valence-electron chi connectivity index (χ0n) is 14.5. The maximum atomic E-state index is 12.6. The second-order valence-corrected chi connectivity index (χ2v) is 8.36. The Bertz CT molecular complexity index is 941. The number of carbonyl (C=O) groups excluding carboxylic acids is 1. The Kier molecular flexibility index (Phi) is 4.71. The fourth-order valence-corrected chi connectivity index (χ4v) is 4.66. The lowest BCUT2D eigenvalue weighted by Gasteiger charge is -2.30. The number of ether oxygens (including phenoxy) is 2. The molecule has 2 aliphatic heterocycles. The summed E-state index contributed by atoms with van der Waals surface area (Å²) in [6, 6.07) is 8.36. The van der Waals surface area contributed by atoms with Crippen LogP contribution in [0.15, 0.2) is 47.6 Å².